The van der Waals surface area contributed by atoms with Gasteiger partial charge in [-0.05, 0) is 47.5 Å². The molecule has 6 rings (SSSR count). The number of anilines is 3. The van der Waals surface area contributed by atoms with E-state index in [1.807, 2.05) is 55.0 Å². The predicted octanol–water partition coefficient (Wildman–Crippen LogP) is 4.42. The van der Waals surface area contributed by atoms with Gasteiger partial charge in [0.2, 0.25) is 11.9 Å². The molecule has 1 aliphatic heterocycles. The molecule has 3 aromatic heterocycles. The molecule has 0 spiro atoms. The van der Waals surface area contributed by atoms with Gasteiger partial charge in [-0.2, -0.15) is 18.2 Å². The van der Waals surface area contributed by atoms with Gasteiger partial charge in [-0.15, -0.1) is 5.10 Å². The van der Waals surface area contributed by atoms with Crippen molar-refractivity contribution in [1.82, 2.24) is 29.7 Å². The summed E-state index contributed by atoms with van der Waals surface area (Å²) in [4.78, 5) is 27.7. The minimum atomic E-state index is -5.08. The highest BCUT2D eigenvalue weighted by Crippen LogP contribution is 2.24. The number of halogens is 3. The van der Waals surface area contributed by atoms with Crippen LogP contribution in [0.4, 0.5) is 30.8 Å². The van der Waals surface area contributed by atoms with Gasteiger partial charge in [0.1, 0.15) is 6.33 Å². The van der Waals surface area contributed by atoms with E-state index in [4.69, 9.17) is 19.6 Å². The third-order valence-electron chi connectivity index (χ3n) is 5.92. The second kappa shape index (κ2) is 11.4. The molecular formula is C26H23F3N8O3. The van der Waals surface area contributed by atoms with Crippen molar-refractivity contribution in [2.45, 2.75) is 6.18 Å². The molecule has 4 heterocycles. The van der Waals surface area contributed by atoms with Gasteiger partial charge in [-0.1, -0.05) is 12.1 Å². The van der Waals surface area contributed by atoms with E-state index < -0.39 is 12.1 Å². The number of aromatic nitrogens is 6. The van der Waals surface area contributed by atoms with Crippen LogP contribution in [0.1, 0.15) is 0 Å². The fraction of sp³-hybridized carbons (Fsp3) is 0.192. The van der Waals surface area contributed by atoms with Crippen molar-refractivity contribution in [3.63, 3.8) is 0 Å². The molecule has 0 atom stereocenters. The van der Waals surface area contributed by atoms with Gasteiger partial charge in [0.05, 0.1) is 24.4 Å². The number of carboxylic acids is 1. The van der Waals surface area contributed by atoms with Crippen LogP contribution in [0.2, 0.25) is 0 Å². The largest absolute Gasteiger partial charge is 0.490 e. The number of nitrogens with zero attached hydrogens (tertiary/aromatic N) is 6. The Labute approximate surface area is 225 Å². The van der Waals surface area contributed by atoms with Crippen molar-refractivity contribution >= 4 is 34.5 Å². The van der Waals surface area contributed by atoms with E-state index in [9.17, 15) is 13.2 Å². The lowest BCUT2D eigenvalue weighted by Gasteiger charge is -2.25. The summed E-state index contributed by atoms with van der Waals surface area (Å²) in [6, 6.07) is 16.2. The van der Waals surface area contributed by atoms with Crippen molar-refractivity contribution in [1.29, 1.82) is 0 Å². The van der Waals surface area contributed by atoms with E-state index in [0.29, 0.717) is 19.2 Å². The highest BCUT2D eigenvalue weighted by atomic mass is 19.4. The van der Waals surface area contributed by atoms with Crippen LogP contribution in [0.3, 0.4) is 0 Å². The maximum atomic E-state index is 10.6. The standard InChI is InChI=1S/C24H22N8O.C2HF3O2/c1-2-19-15-26-23(29-22(19)13-17(1)18-7-8-25-14-18)28-20-3-5-21(6-4-20)32-16-27-24(30-32)31-9-11-33-12-10-31;3-2(4,5)1(6)7/h1-8,13-16,25H,9-12H2,(H,26,28,29);(H,6,7). The maximum absolute atomic E-state index is 10.6. The molecule has 2 aromatic carbocycles. The molecule has 11 nitrogen and oxygen atoms in total. The van der Waals surface area contributed by atoms with Crippen molar-refractivity contribution in [3.8, 4) is 16.8 Å². The van der Waals surface area contributed by atoms with Crippen LogP contribution in [-0.2, 0) is 9.53 Å². The zero-order chi connectivity index (χ0) is 28.1. The number of hydrogen-bond donors (Lipinski definition) is 3. The second-order valence-corrected chi connectivity index (χ2v) is 8.63. The number of carboxylic acid groups (broad SMARTS) is 1. The number of aliphatic carboxylic acids is 1. The van der Waals surface area contributed by atoms with Crippen LogP contribution in [0, 0.1) is 0 Å². The van der Waals surface area contributed by atoms with Crippen molar-refractivity contribution in [2.75, 3.05) is 36.5 Å². The van der Waals surface area contributed by atoms with Gasteiger partial charge in [-0.25, -0.2) is 19.4 Å². The number of morpholine rings is 1. The third-order valence-corrected chi connectivity index (χ3v) is 5.92. The van der Waals surface area contributed by atoms with Gasteiger partial charge >= 0.3 is 12.1 Å². The molecule has 0 amide bonds. The Hall–Kier alpha value is -4.98. The fourth-order valence-electron chi connectivity index (χ4n) is 3.88. The Morgan fingerprint density at radius 1 is 1.02 bits per heavy atom. The average molecular weight is 553 g/mol. The highest BCUT2D eigenvalue weighted by Gasteiger charge is 2.38. The third kappa shape index (κ3) is 6.35. The molecule has 3 N–H and O–H groups in total. The van der Waals surface area contributed by atoms with Gasteiger partial charge in [0.15, 0.2) is 0 Å². The Morgan fingerprint density at radius 2 is 1.77 bits per heavy atom. The van der Waals surface area contributed by atoms with Crippen LogP contribution in [0.5, 0.6) is 0 Å². The first kappa shape index (κ1) is 26.6. The normalized spacial score (nSPS) is 13.5. The predicted molar refractivity (Wildman–Crippen MR) is 141 cm³/mol. The zero-order valence-corrected chi connectivity index (χ0v) is 20.8. The highest BCUT2D eigenvalue weighted by molar-refractivity contribution is 5.84. The maximum Gasteiger partial charge on any atom is 0.490 e. The number of fused-ring (bicyclic) bond motifs is 1. The SMILES string of the molecule is O=C(O)C(F)(F)F.c1cc(-c2ccc3cnc(Nc4ccc(-n5cnc(N6CCOCC6)n5)cc4)nc3c2)c[nH]1. The Balaban J connectivity index is 0.000000411. The van der Waals surface area contributed by atoms with E-state index in [1.54, 1.807) is 11.0 Å². The van der Waals surface area contributed by atoms with Crippen LogP contribution >= 0.6 is 0 Å². The topological polar surface area (TPSA) is 134 Å². The number of hydrogen-bond acceptors (Lipinski definition) is 8. The van der Waals surface area contributed by atoms with E-state index in [1.165, 1.54) is 0 Å². The summed E-state index contributed by atoms with van der Waals surface area (Å²) in [5.41, 5.74) is 4.96. The van der Waals surface area contributed by atoms with Crippen LogP contribution in [0.15, 0.2) is 73.4 Å². The summed E-state index contributed by atoms with van der Waals surface area (Å²) < 4.78 is 38.9. The van der Waals surface area contributed by atoms with Gasteiger partial charge < -0.3 is 25.0 Å². The minimum Gasteiger partial charge on any atom is -0.475 e. The first-order valence-corrected chi connectivity index (χ1v) is 12.1. The Kier molecular flexibility index (Phi) is 7.59. The number of aromatic amines is 1. The molecule has 0 aliphatic carbocycles. The smallest absolute Gasteiger partial charge is 0.475 e. The van der Waals surface area contributed by atoms with E-state index in [-0.39, 0.29) is 0 Å². The average Bonchev–Trinajstić information content (AvgIpc) is 3.67. The lowest BCUT2D eigenvalue weighted by molar-refractivity contribution is -0.192. The summed E-state index contributed by atoms with van der Waals surface area (Å²) in [5.74, 6) is -1.48. The number of carbonyl (C=O) groups is 1. The summed E-state index contributed by atoms with van der Waals surface area (Å²) in [6.45, 7) is 3.04. The van der Waals surface area contributed by atoms with Gasteiger partial charge in [0, 0.05) is 42.8 Å². The van der Waals surface area contributed by atoms with E-state index in [2.05, 4.69) is 42.4 Å². The number of alkyl halides is 3. The molecule has 0 radical (unpaired) electrons. The van der Waals surface area contributed by atoms with E-state index in [0.717, 1.165) is 52.4 Å². The molecule has 1 saturated heterocycles. The quantitative estimate of drug-likeness (QED) is 0.290. The molecule has 1 aliphatic rings. The summed E-state index contributed by atoms with van der Waals surface area (Å²) >= 11 is 0. The lowest BCUT2D eigenvalue weighted by Crippen LogP contribution is -2.37. The van der Waals surface area contributed by atoms with Crippen molar-refractivity contribution in [3.05, 3.63) is 73.4 Å². The first-order chi connectivity index (χ1) is 19.3. The molecule has 1 fully saturated rings. The van der Waals surface area contributed by atoms with Crippen molar-refractivity contribution < 1.29 is 27.8 Å². The number of H-pyrrole nitrogens is 1. The molecule has 0 unspecified atom stereocenters. The van der Waals surface area contributed by atoms with Crippen LogP contribution in [0.25, 0.3) is 27.7 Å². The van der Waals surface area contributed by atoms with Crippen molar-refractivity contribution in [2.24, 2.45) is 0 Å². The number of benzene rings is 2. The molecule has 206 valence electrons. The second-order valence-electron chi connectivity index (χ2n) is 8.63. The van der Waals surface area contributed by atoms with Gasteiger partial charge in [-0.3, -0.25) is 0 Å². The molecular weight excluding hydrogens is 529 g/mol. The number of rotatable bonds is 5. The monoisotopic (exact) mass is 552 g/mol. The summed E-state index contributed by atoms with van der Waals surface area (Å²) in [5, 5.41) is 16.0. The first-order valence-electron chi connectivity index (χ1n) is 12.1. The number of ether oxygens (including phenoxy) is 1. The van der Waals surface area contributed by atoms with Crippen LogP contribution in [-0.4, -0.2) is 73.3 Å². The summed E-state index contributed by atoms with van der Waals surface area (Å²) in [7, 11) is 0. The molecule has 40 heavy (non-hydrogen) atoms. The fourth-order valence-corrected chi connectivity index (χ4v) is 3.88. The zero-order valence-electron chi connectivity index (χ0n) is 20.8. The molecule has 14 heteroatoms. The number of nitrogens with one attached hydrogen (secondary N) is 2. The Morgan fingerprint density at radius 3 is 2.45 bits per heavy atom. The molecule has 5 aromatic rings. The van der Waals surface area contributed by atoms with Gasteiger partial charge in [0.25, 0.3) is 0 Å². The van der Waals surface area contributed by atoms with E-state index >= 15 is 0 Å². The summed E-state index contributed by atoms with van der Waals surface area (Å²) in [6.07, 6.45) is 2.38. The Bertz CT molecular complexity index is 1580. The van der Waals surface area contributed by atoms with Crippen LogP contribution < -0.4 is 10.2 Å². The molecule has 0 saturated carbocycles. The molecule has 0 bridgehead atoms. The lowest BCUT2D eigenvalue weighted by atomic mass is 10.1. The minimum absolute atomic E-state index is 0.553.